The lowest BCUT2D eigenvalue weighted by Gasteiger charge is -2.13. The summed E-state index contributed by atoms with van der Waals surface area (Å²) in [5.41, 5.74) is 1.32. The first kappa shape index (κ1) is 10.5. The maximum atomic E-state index is 8.54. The first-order chi connectivity index (χ1) is 6.76. The molecule has 0 saturated heterocycles. The Hall–Kier alpha value is -1.60. The summed E-state index contributed by atoms with van der Waals surface area (Å²) in [5, 5.41) is 11.7. The highest BCUT2D eigenvalue weighted by molar-refractivity contribution is 5.43. The standard InChI is InChI=1S/C10H13N3O/c1-8(7-14-2)13-10-4-3-9(5-11)12-6-10/h3-4,6,8,13H,7H2,1-2H3/t8-/m1/s1. The van der Waals surface area contributed by atoms with E-state index in [0.29, 0.717) is 12.3 Å². The summed E-state index contributed by atoms with van der Waals surface area (Å²) in [7, 11) is 1.66. The molecule has 14 heavy (non-hydrogen) atoms. The largest absolute Gasteiger partial charge is 0.383 e. The zero-order valence-electron chi connectivity index (χ0n) is 8.32. The average molecular weight is 191 g/mol. The van der Waals surface area contributed by atoms with Crippen LogP contribution in [-0.2, 0) is 4.74 Å². The van der Waals surface area contributed by atoms with Crippen molar-refractivity contribution in [2.45, 2.75) is 13.0 Å². The molecular weight excluding hydrogens is 178 g/mol. The number of hydrogen-bond donors (Lipinski definition) is 1. The molecule has 0 unspecified atom stereocenters. The Balaban J connectivity index is 2.56. The second kappa shape index (κ2) is 5.20. The number of pyridine rings is 1. The third kappa shape index (κ3) is 3.04. The van der Waals surface area contributed by atoms with Crippen LogP contribution in [0.5, 0.6) is 0 Å². The lowest BCUT2D eigenvalue weighted by atomic mass is 10.3. The van der Waals surface area contributed by atoms with E-state index in [9.17, 15) is 0 Å². The van der Waals surface area contributed by atoms with Crippen molar-refractivity contribution in [2.24, 2.45) is 0 Å². The van der Waals surface area contributed by atoms with E-state index in [1.54, 1.807) is 19.4 Å². The van der Waals surface area contributed by atoms with E-state index in [0.717, 1.165) is 5.69 Å². The Morgan fingerprint density at radius 1 is 1.64 bits per heavy atom. The quantitative estimate of drug-likeness (QED) is 0.781. The lowest BCUT2D eigenvalue weighted by molar-refractivity contribution is 0.190. The van der Waals surface area contributed by atoms with Gasteiger partial charge in [-0.05, 0) is 19.1 Å². The van der Waals surface area contributed by atoms with Crippen molar-refractivity contribution in [3.8, 4) is 6.07 Å². The molecule has 4 nitrogen and oxygen atoms in total. The average Bonchev–Trinajstić information content (AvgIpc) is 2.19. The Morgan fingerprint density at radius 3 is 2.93 bits per heavy atom. The smallest absolute Gasteiger partial charge is 0.140 e. The van der Waals surface area contributed by atoms with Crippen LogP contribution >= 0.6 is 0 Å². The molecule has 0 amide bonds. The third-order valence-corrected chi connectivity index (χ3v) is 1.71. The van der Waals surface area contributed by atoms with Crippen molar-refractivity contribution in [3.05, 3.63) is 24.0 Å². The molecule has 1 heterocycles. The Morgan fingerprint density at radius 2 is 2.43 bits per heavy atom. The van der Waals surface area contributed by atoms with Gasteiger partial charge in [-0.3, -0.25) is 0 Å². The molecule has 4 heteroatoms. The number of nitrogens with zero attached hydrogens (tertiary/aromatic N) is 2. The van der Waals surface area contributed by atoms with E-state index >= 15 is 0 Å². The number of nitriles is 1. The highest BCUT2D eigenvalue weighted by Crippen LogP contribution is 2.07. The number of aromatic nitrogens is 1. The van der Waals surface area contributed by atoms with Crippen LogP contribution in [0, 0.1) is 11.3 Å². The van der Waals surface area contributed by atoms with Gasteiger partial charge >= 0.3 is 0 Å². The predicted octanol–water partition coefficient (Wildman–Crippen LogP) is 1.40. The molecule has 1 aromatic heterocycles. The molecule has 0 aliphatic carbocycles. The summed E-state index contributed by atoms with van der Waals surface area (Å²) in [6, 6.07) is 5.71. The number of nitrogens with one attached hydrogen (secondary N) is 1. The molecular formula is C10H13N3O. The molecule has 0 spiro atoms. The van der Waals surface area contributed by atoms with Crippen molar-refractivity contribution in [2.75, 3.05) is 19.0 Å². The molecule has 1 N–H and O–H groups in total. The van der Waals surface area contributed by atoms with Crippen LogP contribution < -0.4 is 5.32 Å². The normalized spacial score (nSPS) is 11.8. The molecule has 0 saturated carbocycles. The monoisotopic (exact) mass is 191 g/mol. The molecule has 1 aromatic rings. The van der Waals surface area contributed by atoms with Crippen molar-refractivity contribution in [1.29, 1.82) is 5.26 Å². The fourth-order valence-electron chi connectivity index (χ4n) is 1.12. The van der Waals surface area contributed by atoms with Crippen molar-refractivity contribution in [3.63, 3.8) is 0 Å². The Labute approximate surface area is 83.5 Å². The summed E-state index contributed by atoms with van der Waals surface area (Å²) >= 11 is 0. The van der Waals surface area contributed by atoms with Gasteiger partial charge in [0.25, 0.3) is 0 Å². The van der Waals surface area contributed by atoms with Gasteiger partial charge in [-0.15, -0.1) is 0 Å². The maximum Gasteiger partial charge on any atom is 0.140 e. The molecule has 0 fully saturated rings. The van der Waals surface area contributed by atoms with Crippen LogP contribution in [0.3, 0.4) is 0 Å². The summed E-state index contributed by atoms with van der Waals surface area (Å²) in [5.74, 6) is 0. The second-order valence-electron chi connectivity index (χ2n) is 3.04. The number of hydrogen-bond acceptors (Lipinski definition) is 4. The van der Waals surface area contributed by atoms with Gasteiger partial charge in [-0.2, -0.15) is 5.26 Å². The number of rotatable bonds is 4. The van der Waals surface area contributed by atoms with E-state index in [4.69, 9.17) is 10.00 Å². The molecule has 0 aliphatic rings. The van der Waals surface area contributed by atoms with Gasteiger partial charge in [0, 0.05) is 13.2 Å². The summed E-state index contributed by atoms with van der Waals surface area (Å²) in [6.45, 7) is 2.65. The minimum atomic E-state index is 0.231. The van der Waals surface area contributed by atoms with Gasteiger partial charge in [0.15, 0.2) is 0 Å². The highest BCUT2D eigenvalue weighted by Gasteiger charge is 2.00. The fraction of sp³-hybridized carbons (Fsp3) is 0.400. The zero-order valence-corrected chi connectivity index (χ0v) is 8.32. The molecule has 0 bridgehead atoms. The van der Waals surface area contributed by atoms with Gasteiger partial charge in [-0.25, -0.2) is 4.98 Å². The van der Waals surface area contributed by atoms with Gasteiger partial charge < -0.3 is 10.1 Å². The second-order valence-corrected chi connectivity index (χ2v) is 3.04. The van der Waals surface area contributed by atoms with E-state index < -0.39 is 0 Å². The van der Waals surface area contributed by atoms with Gasteiger partial charge in [0.05, 0.1) is 18.5 Å². The minimum absolute atomic E-state index is 0.231. The molecule has 1 rings (SSSR count). The summed E-state index contributed by atoms with van der Waals surface area (Å²) in [4.78, 5) is 3.95. The first-order valence-electron chi connectivity index (χ1n) is 4.38. The number of anilines is 1. The lowest BCUT2D eigenvalue weighted by Crippen LogP contribution is -2.20. The number of ether oxygens (including phenoxy) is 1. The minimum Gasteiger partial charge on any atom is -0.383 e. The highest BCUT2D eigenvalue weighted by atomic mass is 16.5. The van der Waals surface area contributed by atoms with Crippen LogP contribution in [-0.4, -0.2) is 24.7 Å². The van der Waals surface area contributed by atoms with E-state index in [-0.39, 0.29) is 6.04 Å². The van der Waals surface area contributed by atoms with Gasteiger partial charge in [0.2, 0.25) is 0 Å². The summed E-state index contributed by atoms with van der Waals surface area (Å²) in [6.07, 6.45) is 1.64. The van der Waals surface area contributed by atoms with Crippen LogP contribution in [0.1, 0.15) is 12.6 Å². The van der Waals surface area contributed by atoms with Crippen molar-refractivity contribution in [1.82, 2.24) is 4.98 Å². The topological polar surface area (TPSA) is 57.9 Å². The SMILES string of the molecule is COC[C@@H](C)Nc1ccc(C#N)nc1. The van der Waals surface area contributed by atoms with E-state index in [1.165, 1.54) is 0 Å². The molecule has 0 aliphatic heterocycles. The van der Waals surface area contributed by atoms with Crippen molar-refractivity contribution >= 4 is 5.69 Å². The van der Waals surface area contributed by atoms with Crippen LogP contribution in [0.25, 0.3) is 0 Å². The van der Waals surface area contributed by atoms with E-state index in [2.05, 4.69) is 10.3 Å². The Bertz CT molecular complexity index is 315. The van der Waals surface area contributed by atoms with Gasteiger partial charge in [0.1, 0.15) is 11.8 Å². The van der Waals surface area contributed by atoms with Crippen molar-refractivity contribution < 1.29 is 4.74 Å². The predicted molar refractivity (Wildman–Crippen MR) is 53.9 cm³/mol. The van der Waals surface area contributed by atoms with E-state index in [1.807, 2.05) is 19.1 Å². The third-order valence-electron chi connectivity index (χ3n) is 1.71. The molecule has 1 atom stereocenters. The number of methoxy groups -OCH3 is 1. The molecule has 74 valence electrons. The maximum absolute atomic E-state index is 8.54. The fourth-order valence-corrected chi connectivity index (χ4v) is 1.12. The molecule has 0 radical (unpaired) electrons. The summed E-state index contributed by atoms with van der Waals surface area (Å²) < 4.78 is 4.99. The molecule has 0 aromatic carbocycles. The first-order valence-corrected chi connectivity index (χ1v) is 4.38. The van der Waals surface area contributed by atoms with Crippen LogP contribution in [0.4, 0.5) is 5.69 Å². The zero-order chi connectivity index (χ0) is 10.4. The van der Waals surface area contributed by atoms with Gasteiger partial charge in [-0.1, -0.05) is 0 Å². The van der Waals surface area contributed by atoms with Crippen LogP contribution in [0.2, 0.25) is 0 Å². The van der Waals surface area contributed by atoms with Crippen LogP contribution in [0.15, 0.2) is 18.3 Å². The Kier molecular flexibility index (Phi) is 3.89.